The zero-order valence-electron chi connectivity index (χ0n) is 14.5. The van der Waals surface area contributed by atoms with E-state index >= 15 is 0 Å². The Morgan fingerprint density at radius 2 is 1.80 bits per heavy atom. The minimum Gasteiger partial charge on any atom is -0.423 e. The van der Waals surface area contributed by atoms with Crippen molar-refractivity contribution >= 4 is 17.4 Å². The van der Waals surface area contributed by atoms with E-state index in [1.165, 1.54) is 30.5 Å². The number of nitrogens with zero attached hydrogens (tertiary/aromatic N) is 2. The molecule has 1 N–H and O–H groups in total. The van der Waals surface area contributed by atoms with Gasteiger partial charge in [0.05, 0.1) is 6.20 Å². The molecule has 0 amide bonds. The first-order valence-electron chi connectivity index (χ1n) is 8.93. The fourth-order valence-corrected chi connectivity index (χ4v) is 3.29. The van der Waals surface area contributed by atoms with Gasteiger partial charge in [0.25, 0.3) is 6.01 Å². The molecule has 4 nitrogen and oxygen atoms in total. The number of hydrogen-bond donors (Lipinski definition) is 1. The Morgan fingerprint density at radius 3 is 2.56 bits per heavy atom. The standard InChI is InChI=1S/C21H23N3O/c1-16-6-5-7-17(14-16)20-15-22-21(25-20)23-18-8-10-19(11-9-18)24-12-3-2-4-13-24/h5-11,14-15H,2-4,12-13H2,1H3,(H,22,23). The van der Waals surface area contributed by atoms with Crippen LogP contribution in [0.5, 0.6) is 0 Å². The maximum absolute atomic E-state index is 5.84. The molecule has 0 radical (unpaired) electrons. The van der Waals surface area contributed by atoms with Gasteiger partial charge in [-0.25, -0.2) is 4.98 Å². The van der Waals surface area contributed by atoms with Crippen molar-refractivity contribution in [3.8, 4) is 11.3 Å². The molecule has 2 heterocycles. The van der Waals surface area contributed by atoms with E-state index in [0.29, 0.717) is 6.01 Å². The minimum absolute atomic E-state index is 0.516. The average Bonchev–Trinajstić information content (AvgIpc) is 3.12. The first kappa shape index (κ1) is 15.8. The van der Waals surface area contributed by atoms with Crippen LogP contribution in [0.15, 0.2) is 59.1 Å². The zero-order chi connectivity index (χ0) is 17.1. The van der Waals surface area contributed by atoms with E-state index < -0.39 is 0 Å². The van der Waals surface area contributed by atoms with Crippen LogP contribution in [0.2, 0.25) is 0 Å². The van der Waals surface area contributed by atoms with Gasteiger partial charge < -0.3 is 14.6 Å². The minimum atomic E-state index is 0.516. The summed E-state index contributed by atoms with van der Waals surface area (Å²) in [7, 11) is 0. The summed E-state index contributed by atoms with van der Waals surface area (Å²) in [6.45, 7) is 4.39. The van der Waals surface area contributed by atoms with Crippen molar-refractivity contribution in [2.75, 3.05) is 23.3 Å². The summed E-state index contributed by atoms with van der Waals surface area (Å²) in [5.74, 6) is 0.774. The van der Waals surface area contributed by atoms with E-state index in [-0.39, 0.29) is 0 Å². The van der Waals surface area contributed by atoms with Gasteiger partial charge in [0.2, 0.25) is 0 Å². The van der Waals surface area contributed by atoms with Crippen molar-refractivity contribution < 1.29 is 4.42 Å². The fourth-order valence-electron chi connectivity index (χ4n) is 3.29. The highest BCUT2D eigenvalue weighted by atomic mass is 16.4. The Bertz CT molecular complexity index is 832. The topological polar surface area (TPSA) is 41.3 Å². The normalized spacial score (nSPS) is 14.5. The molecule has 1 aromatic heterocycles. The molecular formula is C21H23N3O. The number of rotatable bonds is 4. The quantitative estimate of drug-likeness (QED) is 0.695. The Labute approximate surface area is 148 Å². The van der Waals surface area contributed by atoms with Crippen molar-refractivity contribution in [1.29, 1.82) is 0 Å². The predicted octanol–water partition coefficient (Wildman–Crippen LogP) is 5.38. The first-order valence-corrected chi connectivity index (χ1v) is 8.93. The summed E-state index contributed by atoms with van der Waals surface area (Å²) in [6, 6.07) is 17.2. The van der Waals surface area contributed by atoms with Crippen molar-refractivity contribution in [2.24, 2.45) is 0 Å². The molecule has 25 heavy (non-hydrogen) atoms. The predicted molar refractivity (Wildman–Crippen MR) is 102 cm³/mol. The lowest BCUT2D eigenvalue weighted by atomic mass is 10.1. The number of benzene rings is 2. The maximum atomic E-state index is 5.84. The van der Waals surface area contributed by atoms with Gasteiger partial charge in [0.15, 0.2) is 5.76 Å². The summed E-state index contributed by atoms with van der Waals surface area (Å²) >= 11 is 0. The van der Waals surface area contributed by atoms with Crippen molar-refractivity contribution in [1.82, 2.24) is 4.98 Å². The fraction of sp³-hybridized carbons (Fsp3) is 0.286. The number of aromatic nitrogens is 1. The van der Waals surface area contributed by atoms with Gasteiger partial charge >= 0.3 is 0 Å². The van der Waals surface area contributed by atoms with Crippen LogP contribution in [0.3, 0.4) is 0 Å². The molecule has 128 valence electrons. The smallest absolute Gasteiger partial charge is 0.299 e. The second-order valence-corrected chi connectivity index (χ2v) is 6.62. The molecule has 3 aromatic rings. The van der Waals surface area contributed by atoms with E-state index in [4.69, 9.17) is 4.42 Å². The Kier molecular flexibility index (Phi) is 4.42. The van der Waals surface area contributed by atoms with E-state index in [1.54, 1.807) is 6.20 Å². The first-order chi connectivity index (χ1) is 12.3. The number of piperidine rings is 1. The Hall–Kier alpha value is -2.75. The van der Waals surface area contributed by atoms with Gasteiger partial charge in [0.1, 0.15) is 0 Å². The molecule has 0 atom stereocenters. The van der Waals surface area contributed by atoms with Crippen LogP contribution in [0.4, 0.5) is 17.4 Å². The third-order valence-electron chi connectivity index (χ3n) is 4.65. The van der Waals surface area contributed by atoms with Crippen LogP contribution in [-0.4, -0.2) is 18.1 Å². The van der Waals surface area contributed by atoms with Crippen LogP contribution in [0.1, 0.15) is 24.8 Å². The van der Waals surface area contributed by atoms with Crippen molar-refractivity contribution in [2.45, 2.75) is 26.2 Å². The zero-order valence-corrected chi connectivity index (χ0v) is 14.5. The van der Waals surface area contributed by atoms with Gasteiger partial charge in [0, 0.05) is 30.0 Å². The van der Waals surface area contributed by atoms with Crippen LogP contribution < -0.4 is 10.2 Å². The highest BCUT2D eigenvalue weighted by Crippen LogP contribution is 2.26. The molecule has 0 unspecified atom stereocenters. The number of anilines is 3. The molecule has 2 aromatic carbocycles. The van der Waals surface area contributed by atoms with Gasteiger partial charge in [-0.1, -0.05) is 23.8 Å². The largest absolute Gasteiger partial charge is 0.423 e. The highest BCUT2D eigenvalue weighted by molar-refractivity contribution is 5.62. The molecule has 0 saturated carbocycles. The lowest BCUT2D eigenvalue weighted by molar-refractivity contribution is 0.578. The molecule has 4 rings (SSSR count). The number of nitrogens with one attached hydrogen (secondary N) is 1. The van der Waals surface area contributed by atoms with Crippen LogP contribution >= 0.6 is 0 Å². The Balaban J connectivity index is 1.45. The molecule has 0 bridgehead atoms. The summed E-state index contributed by atoms with van der Waals surface area (Å²) in [6.07, 6.45) is 5.69. The number of hydrogen-bond acceptors (Lipinski definition) is 4. The molecule has 1 aliphatic rings. The van der Waals surface area contributed by atoms with Gasteiger partial charge in [-0.3, -0.25) is 0 Å². The third-order valence-corrected chi connectivity index (χ3v) is 4.65. The lowest BCUT2D eigenvalue weighted by Gasteiger charge is -2.28. The van der Waals surface area contributed by atoms with Gasteiger partial charge in [-0.2, -0.15) is 0 Å². The average molecular weight is 333 g/mol. The van der Waals surface area contributed by atoms with E-state index in [2.05, 4.69) is 58.5 Å². The lowest BCUT2D eigenvalue weighted by Crippen LogP contribution is -2.29. The van der Waals surface area contributed by atoms with Gasteiger partial charge in [-0.05, 0) is 56.5 Å². The summed E-state index contributed by atoms with van der Waals surface area (Å²) < 4.78 is 5.84. The van der Waals surface area contributed by atoms with Crippen LogP contribution in [0.25, 0.3) is 11.3 Å². The molecular weight excluding hydrogens is 310 g/mol. The molecule has 1 saturated heterocycles. The Morgan fingerprint density at radius 1 is 1.00 bits per heavy atom. The van der Waals surface area contributed by atoms with Gasteiger partial charge in [-0.15, -0.1) is 0 Å². The van der Waals surface area contributed by atoms with E-state index in [9.17, 15) is 0 Å². The van der Waals surface area contributed by atoms with Crippen molar-refractivity contribution in [3.05, 3.63) is 60.3 Å². The van der Waals surface area contributed by atoms with E-state index in [0.717, 1.165) is 30.1 Å². The summed E-state index contributed by atoms with van der Waals surface area (Å²) in [5.41, 5.74) is 4.52. The SMILES string of the molecule is Cc1cccc(-c2cnc(Nc3ccc(N4CCCCC4)cc3)o2)c1. The second-order valence-electron chi connectivity index (χ2n) is 6.62. The summed E-state index contributed by atoms with van der Waals surface area (Å²) in [4.78, 5) is 6.79. The molecule has 0 spiro atoms. The molecule has 4 heteroatoms. The van der Waals surface area contributed by atoms with Crippen LogP contribution in [0, 0.1) is 6.92 Å². The number of oxazole rings is 1. The molecule has 1 fully saturated rings. The number of aryl methyl sites for hydroxylation is 1. The highest BCUT2D eigenvalue weighted by Gasteiger charge is 2.11. The maximum Gasteiger partial charge on any atom is 0.299 e. The molecule has 1 aliphatic heterocycles. The van der Waals surface area contributed by atoms with Crippen molar-refractivity contribution in [3.63, 3.8) is 0 Å². The second kappa shape index (κ2) is 7.01. The summed E-state index contributed by atoms with van der Waals surface area (Å²) in [5, 5.41) is 3.24. The molecule has 0 aliphatic carbocycles. The van der Waals surface area contributed by atoms with Crippen LogP contribution in [-0.2, 0) is 0 Å². The van der Waals surface area contributed by atoms with E-state index in [1.807, 2.05) is 12.1 Å². The third kappa shape index (κ3) is 3.68. The monoisotopic (exact) mass is 333 g/mol.